The molecule has 0 saturated carbocycles. The maximum absolute atomic E-state index is 13.4. The zero-order valence-corrected chi connectivity index (χ0v) is 11.9. The van der Waals surface area contributed by atoms with Gasteiger partial charge in [-0.3, -0.25) is 4.72 Å². The van der Waals surface area contributed by atoms with Crippen LogP contribution in [0, 0.1) is 5.82 Å². The number of anilines is 1. The van der Waals surface area contributed by atoms with E-state index in [-0.39, 0.29) is 11.4 Å². The molecule has 0 heterocycles. The summed E-state index contributed by atoms with van der Waals surface area (Å²) < 4.78 is 66.5. The lowest BCUT2D eigenvalue weighted by Gasteiger charge is -2.10. The summed E-state index contributed by atoms with van der Waals surface area (Å²) in [5, 5.41) is 0. The molecule has 1 rings (SSSR count). The fourth-order valence-electron chi connectivity index (χ4n) is 1.37. The molecule has 0 unspecified atom stereocenters. The van der Waals surface area contributed by atoms with Gasteiger partial charge >= 0.3 is 6.61 Å². The molecule has 0 fully saturated rings. The smallest absolute Gasteiger partial charge is 0.387 e. The molecule has 20 heavy (non-hydrogen) atoms. The van der Waals surface area contributed by atoms with E-state index < -0.39 is 28.2 Å². The summed E-state index contributed by atoms with van der Waals surface area (Å²) in [5.41, 5.74) is -0.0602. The van der Waals surface area contributed by atoms with Crippen LogP contribution in [-0.2, 0) is 10.0 Å². The van der Waals surface area contributed by atoms with Gasteiger partial charge in [-0.1, -0.05) is 0 Å². The predicted octanol–water partition coefficient (Wildman–Crippen LogP) is 3.19. The normalized spacial score (nSPS) is 11.7. The average molecular weight is 332 g/mol. The molecule has 0 radical (unpaired) electrons. The van der Waals surface area contributed by atoms with Gasteiger partial charge in [-0.2, -0.15) is 8.78 Å². The minimum absolute atomic E-state index is 0.0602. The highest BCUT2D eigenvalue weighted by Crippen LogP contribution is 2.23. The van der Waals surface area contributed by atoms with Crippen molar-refractivity contribution in [3.63, 3.8) is 0 Å². The Morgan fingerprint density at radius 2 is 2.00 bits per heavy atom. The largest absolute Gasteiger partial charge is 0.432 e. The Labute approximate surface area is 119 Å². The van der Waals surface area contributed by atoms with E-state index in [1.807, 2.05) is 0 Å². The topological polar surface area (TPSA) is 55.4 Å². The zero-order valence-electron chi connectivity index (χ0n) is 10.3. The van der Waals surface area contributed by atoms with E-state index in [4.69, 9.17) is 11.6 Å². The van der Waals surface area contributed by atoms with Crippen molar-refractivity contribution in [3.05, 3.63) is 24.0 Å². The Morgan fingerprint density at radius 1 is 1.30 bits per heavy atom. The first-order valence-corrected chi connectivity index (χ1v) is 7.83. The number of ether oxygens (including phenoxy) is 1. The summed E-state index contributed by atoms with van der Waals surface area (Å²) in [4.78, 5) is 0. The second-order valence-corrected chi connectivity index (χ2v) is 6.06. The molecule has 1 N–H and O–H groups in total. The highest BCUT2D eigenvalue weighted by molar-refractivity contribution is 7.92. The number of benzene rings is 1. The number of halogens is 4. The van der Waals surface area contributed by atoms with Crippen molar-refractivity contribution in [1.82, 2.24) is 0 Å². The standard InChI is InChI=1S/C11H13ClF3NO3S/c12-5-1-2-6-20(17,18)16-8-3-4-10(9(13)7-8)19-11(14)15/h3-4,7,11,16H,1-2,5-6H2. The number of unbranched alkanes of at least 4 members (excludes halogenated alkanes) is 1. The van der Waals surface area contributed by atoms with Crippen LogP contribution in [0.25, 0.3) is 0 Å². The van der Waals surface area contributed by atoms with Crippen molar-refractivity contribution in [2.75, 3.05) is 16.4 Å². The molecule has 4 nitrogen and oxygen atoms in total. The average Bonchev–Trinajstić information content (AvgIpc) is 2.32. The number of hydrogen-bond acceptors (Lipinski definition) is 3. The van der Waals surface area contributed by atoms with Crippen molar-refractivity contribution in [2.24, 2.45) is 0 Å². The Kier molecular flexibility index (Phi) is 6.41. The second-order valence-electron chi connectivity index (χ2n) is 3.84. The van der Waals surface area contributed by atoms with Gasteiger partial charge in [0.1, 0.15) is 0 Å². The molecule has 0 bridgehead atoms. The van der Waals surface area contributed by atoms with E-state index >= 15 is 0 Å². The Morgan fingerprint density at radius 3 is 2.55 bits per heavy atom. The quantitative estimate of drug-likeness (QED) is 0.588. The molecule has 9 heteroatoms. The van der Waals surface area contributed by atoms with Gasteiger partial charge in [-0.15, -0.1) is 11.6 Å². The minimum Gasteiger partial charge on any atom is -0.432 e. The molecule has 1 aromatic rings. The molecular formula is C11H13ClF3NO3S. The number of hydrogen-bond donors (Lipinski definition) is 1. The molecule has 0 saturated heterocycles. The van der Waals surface area contributed by atoms with Crippen molar-refractivity contribution >= 4 is 27.3 Å². The lowest BCUT2D eigenvalue weighted by Crippen LogP contribution is -2.17. The molecular weight excluding hydrogens is 319 g/mol. The summed E-state index contributed by atoms with van der Waals surface area (Å²) in [6.07, 6.45) is 0.909. The van der Waals surface area contributed by atoms with Crippen molar-refractivity contribution < 1.29 is 26.3 Å². The lowest BCUT2D eigenvalue weighted by atomic mass is 10.3. The van der Waals surface area contributed by atoms with Gasteiger partial charge < -0.3 is 4.74 Å². The van der Waals surface area contributed by atoms with Gasteiger partial charge in [0.25, 0.3) is 0 Å². The third-order valence-corrected chi connectivity index (χ3v) is 3.86. The van der Waals surface area contributed by atoms with Crippen molar-refractivity contribution in [3.8, 4) is 5.75 Å². The highest BCUT2D eigenvalue weighted by atomic mass is 35.5. The molecule has 0 aromatic heterocycles. The van der Waals surface area contributed by atoms with Crippen LogP contribution in [0.3, 0.4) is 0 Å². The second kappa shape index (κ2) is 7.58. The summed E-state index contributed by atoms with van der Waals surface area (Å²) in [7, 11) is -3.62. The summed E-state index contributed by atoms with van der Waals surface area (Å²) >= 11 is 5.43. The fraction of sp³-hybridized carbons (Fsp3) is 0.455. The Bertz CT molecular complexity index is 540. The summed E-state index contributed by atoms with van der Waals surface area (Å²) in [5.74, 6) is -1.53. The van der Waals surface area contributed by atoms with Crippen molar-refractivity contribution in [1.29, 1.82) is 0 Å². The number of nitrogens with one attached hydrogen (secondary N) is 1. The highest BCUT2D eigenvalue weighted by Gasteiger charge is 2.14. The SMILES string of the molecule is O=S(=O)(CCCCCl)Nc1ccc(OC(F)F)c(F)c1. The maximum Gasteiger partial charge on any atom is 0.387 e. The van der Waals surface area contributed by atoms with Crippen LogP contribution in [0.1, 0.15) is 12.8 Å². The number of alkyl halides is 3. The van der Waals surface area contributed by atoms with E-state index in [0.29, 0.717) is 18.7 Å². The van der Waals surface area contributed by atoms with Gasteiger partial charge in [-0.25, -0.2) is 12.8 Å². The van der Waals surface area contributed by atoms with Crippen LogP contribution in [0.5, 0.6) is 5.75 Å². The lowest BCUT2D eigenvalue weighted by molar-refractivity contribution is -0.0521. The molecule has 1 aromatic carbocycles. The van der Waals surface area contributed by atoms with Gasteiger partial charge in [0.15, 0.2) is 11.6 Å². The van der Waals surface area contributed by atoms with Crippen LogP contribution in [0.4, 0.5) is 18.9 Å². The van der Waals surface area contributed by atoms with E-state index in [9.17, 15) is 21.6 Å². The maximum atomic E-state index is 13.4. The van der Waals surface area contributed by atoms with Crippen LogP contribution < -0.4 is 9.46 Å². The van der Waals surface area contributed by atoms with E-state index in [2.05, 4.69) is 9.46 Å². The predicted molar refractivity (Wildman–Crippen MR) is 70.4 cm³/mol. The summed E-state index contributed by atoms with van der Waals surface area (Å²) in [6.45, 7) is -3.15. The monoisotopic (exact) mass is 331 g/mol. The number of rotatable bonds is 8. The molecule has 0 atom stereocenters. The molecule has 0 spiro atoms. The van der Waals surface area contributed by atoms with Crippen LogP contribution in [0.15, 0.2) is 18.2 Å². The van der Waals surface area contributed by atoms with Crippen LogP contribution in [-0.4, -0.2) is 26.7 Å². The first-order valence-electron chi connectivity index (χ1n) is 5.65. The van der Waals surface area contributed by atoms with Crippen LogP contribution >= 0.6 is 11.6 Å². The van der Waals surface area contributed by atoms with Crippen molar-refractivity contribution in [2.45, 2.75) is 19.5 Å². The molecule has 0 amide bonds. The number of sulfonamides is 1. The third kappa shape index (κ3) is 5.87. The first kappa shape index (κ1) is 16.9. The van der Waals surface area contributed by atoms with Gasteiger partial charge in [0, 0.05) is 11.9 Å². The molecule has 0 aliphatic rings. The Hall–Kier alpha value is -1.15. The first-order chi connectivity index (χ1) is 9.34. The summed E-state index contributed by atoms with van der Waals surface area (Å²) in [6, 6.07) is 2.84. The van der Waals surface area contributed by atoms with Crippen LogP contribution in [0.2, 0.25) is 0 Å². The molecule has 0 aliphatic heterocycles. The third-order valence-electron chi connectivity index (χ3n) is 2.22. The fourth-order valence-corrected chi connectivity index (χ4v) is 2.73. The van der Waals surface area contributed by atoms with E-state index in [0.717, 1.165) is 18.2 Å². The molecule has 0 aliphatic carbocycles. The van der Waals surface area contributed by atoms with Gasteiger partial charge in [0.05, 0.1) is 11.4 Å². The minimum atomic E-state index is -3.62. The van der Waals surface area contributed by atoms with E-state index in [1.54, 1.807) is 0 Å². The van der Waals surface area contributed by atoms with Gasteiger partial charge in [-0.05, 0) is 25.0 Å². The van der Waals surface area contributed by atoms with Gasteiger partial charge in [0.2, 0.25) is 10.0 Å². The Balaban J connectivity index is 2.71. The zero-order chi connectivity index (χ0) is 15.2. The van der Waals surface area contributed by atoms with E-state index in [1.165, 1.54) is 0 Å². The molecule has 114 valence electrons.